The highest BCUT2D eigenvalue weighted by molar-refractivity contribution is 5.94. The van der Waals surface area contributed by atoms with E-state index in [9.17, 15) is 14.9 Å². The number of hydrogen-bond donors (Lipinski definition) is 1. The Morgan fingerprint density at radius 2 is 1.88 bits per heavy atom. The zero-order valence-corrected chi connectivity index (χ0v) is 13.0. The molecular formula is C17H16N2O5. The topological polar surface area (TPSA) is 90.7 Å². The summed E-state index contributed by atoms with van der Waals surface area (Å²) in [5.41, 5.74) is 0.296. The Kier molecular flexibility index (Phi) is 4.33. The molecule has 7 nitrogen and oxygen atoms in total. The van der Waals surface area contributed by atoms with Gasteiger partial charge < -0.3 is 14.8 Å². The smallest absolute Gasteiger partial charge is 0.269 e. The fourth-order valence-electron chi connectivity index (χ4n) is 2.40. The van der Waals surface area contributed by atoms with Gasteiger partial charge in [0.15, 0.2) is 17.6 Å². The second-order valence-electron chi connectivity index (χ2n) is 5.48. The summed E-state index contributed by atoms with van der Waals surface area (Å²) in [5.74, 6) is 1.01. The number of para-hydroxylation sites is 2. The number of benzene rings is 2. The molecule has 1 aliphatic rings. The van der Waals surface area contributed by atoms with Crippen molar-refractivity contribution in [2.45, 2.75) is 19.1 Å². The first-order chi connectivity index (χ1) is 11.5. The van der Waals surface area contributed by atoms with Crippen molar-refractivity contribution in [2.75, 3.05) is 6.61 Å². The summed E-state index contributed by atoms with van der Waals surface area (Å²) in [5, 5.41) is 13.5. The average molecular weight is 328 g/mol. The Bertz CT molecular complexity index is 760. The highest BCUT2D eigenvalue weighted by atomic mass is 16.6. The largest absolute Gasteiger partial charge is 0.486 e. The zero-order chi connectivity index (χ0) is 17.1. The van der Waals surface area contributed by atoms with E-state index in [1.54, 1.807) is 0 Å². The summed E-state index contributed by atoms with van der Waals surface area (Å²) in [7, 11) is 0. The van der Waals surface area contributed by atoms with Gasteiger partial charge in [-0.05, 0) is 31.2 Å². The van der Waals surface area contributed by atoms with Gasteiger partial charge in [0.1, 0.15) is 6.61 Å². The van der Waals surface area contributed by atoms with Crippen LogP contribution in [0.15, 0.2) is 48.5 Å². The molecule has 0 unspecified atom stereocenters. The van der Waals surface area contributed by atoms with Crippen molar-refractivity contribution in [1.82, 2.24) is 5.32 Å². The standard InChI is InChI=1S/C17H16N2O5/c1-11(16-10-23-14-4-2-3-5-15(14)24-16)18-17(20)12-6-8-13(9-7-12)19(21)22/h2-9,11,16H,10H2,1H3,(H,18,20)/t11-,16-/m1/s1. The van der Waals surface area contributed by atoms with Crippen molar-refractivity contribution in [2.24, 2.45) is 0 Å². The van der Waals surface area contributed by atoms with Gasteiger partial charge in [-0.1, -0.05) is 12.1 Å². The highest BCUT2D eigenvalue weighted by Crippen LogP contribution is 2.31. The predicted octanol–water partition coefficient (Wildman–Crippen LogP) is 2.55. The minimum atomic E-state index is -0.505. The van der Waals surface area contributed by atoms with E-state index in [0.717, 1.165) is 0 Å². The van der Waals surface area contributed by atoms with Crippen LogP contribution in [0.4, 0.5) is 5.69 Å². The SMILES string of the molecule is C[C@@H](NC(=O)c1ccc([N+](=O)[O-])cc1)[C@H]1COc2ccccc2O1. The maximum atomic E-state index is 12.2. The third kappa shape index (κ3) is 3.29. The lowest BCUT2D eigenvalue weighted by Gasteiger charge is -2.30. The Morgan fingerprint density at radius 1 is 1.21 bits per heavy atom. The lowest BCUT2D eigenvalue weighted by Crippen LogP contribution is -2.48. The van der Waals surface area contributed by atoms with E-state index in [0.29, 0.717) is 23.7 Å². The molecule has 0 radical (unpaired) electrons. The summed E-state index contributed by atoms with van der Waals surface area (Å²) in [4.78, 5) is 22.4. The molecule has 0 aromatic heterocycles. The van der Waals surface area contributed by atoms with E-state index in [4.69, 9.17) is 9.47 Å². The fraction of sp³-hybridized carbons (Fsp3) is 0.235. The molecule has 0 fully saturated rings. The van der Waals surface area contributed by atoms with Crippen LogP contribution in [0.5, 0.6) is 11.5 Å². The van der Waals surface area contributed by atoms with E-state index in [1.165, 1.54) is 24.3 Å². The van der Waals surface area contributed by atoms with Crippen LogP contribution in [0, 0.1) is 10.1 Å². The van der Waals surface area contributed by atoms with E-state index >= 15 is 0 Å². The number of hydrogen-bond acceptors (Lipinski definition) is 5. The van der Waals surface area contributed by atoms with Gasteiger partial charge in [0.25, 0.3) is 11.6 Å². The van der Waals surface area contributed by atoms with E-state index in [-0.39, 0.29) is 23.7 Å². The summed E-state index contributed by atoms with van der Waals surface area (Å²) in [6, 6.07) is 12.5. The number of ether oxygens (including phenoxy) is 2. The second-order valence-corrected chi connectivity index (χ2v) is 5.48. The number of nitrogens with one attached hydrogen (secondary N) is 1. The second kappa shape index (κ2) is 6.57. The predicted molar refractivity (Wildman–Crippen MR) is 86.4 cm³/mol. The van der Waals surface area contributed by atoms with Gasteiger partial charge >= 0.3 is 0 Å². The van der Waals surface area contributed by atoms with Gasteiger partial charge in [0.2, 0.25) is 0 Å². The fourth-order valence-corrected chi connectivity index (χ4v) is 2.40. The van der Waals surface area contributed by atoms with Gasteiger partial charge in [0, 0.05) is 17.7 Å². The van der Waals surface area contributed by atoms with Crippen LogP contribution in [-0.4, -0.2) is 29.6 Å². The lowest BCUT2D eigenvalue weighted by molar-refractivity contribution is -0.384. The average Bonchev–Trinajstić information content (AvgIpc) is 2.61. The summed E-state index contributed by atoms with van der Waals surface area (Å²) >= 11 is 0. The number of nitrogens with zero attached hydrogens (tertiary/aromatic N) is 1. The molecule has 1 heterocycles. The normalized spacial score (nSPS) is 17.0. The number of fused-ring (bicyclic) bond motifs is 1. The molecule has 7 heteroatoms. The number of rotatable bonds is 4. The van der Waals surface area contributed by atoms with Crippen LogP contribution in [0.2, 0.25) is 0 Å². The molecule has 2 aromatic carbocycles. The molecule has 0 saturated carbocycles. The molecule has 0 aliphatic carbocycles. The molecule has 24 heavy (non-hydrogen) atoms. The molecule has 2 aromatic rings. The van der Waals surface area contributed by atoms with Gasteiger partial charge in [-0.15, -0.1) is 0 Å². The maximum absolute atomic E-state index is 12.2. The van der Waals surface area contributed by atoms with Crippen LogP contribution >= 0.6 is 0 Å². The molecule has 1 N–H and O–H groups in total. The molecular weight excluding hydrogens is 312 g/mol. The summed E-state index contributed by atoms with van der Waals surface area (Å²) in [6.07, 6.45) is -0.318. The van der Waals surface area contributed by atoms with Crippen LogP contribution in [0.1, 0.15) is 17.3 Å². The lowest BCUT2D eigenvalue weighted by atomic mass is 10.1. The van der Waals surface area contributed by atoms with Crippen molar-refractivity contribution in [3.63, 3.8) is 0 Å². The number of carbonyl (C=O) groups is 1. The number of nitro benzene ring substituents is 1. The Morgan fingerprint density at radius 3 is 2.54 bits per heavy atom. The molecule has 0 saturated heterocycles. The molecule has 124 valence electrons. The number of amides is 1. The van der Waals surface area contributed by atoms with Gasteiger partial charge in [0.05, 0.1) is 11.0 Å². The van der Waals surface area contributed by atoms with Crippen molar-refractivity contribution in [3.05, 3.63) is 64.2 Å². The maximum Gasteiger partial charge on any atom is 0.269 e. The highest BCUT2D eigenvalue weighted by Gasteiger charge is 2.27. The quantitative estimate of drug-likeness (QED) is 0.688. The Labute approximate surface area is 138 Å². The van der Waals surface area contributed by atoms with E-state index in [2.05, 4.69) is 5.32 Å². The van der Waals surface area contributed by atoms with Crippen LogP contribution in [0.25, 0.3) is 0 Å². The minimum absolute atomic E-state index is 0.0554. The minimum Gasteiger partial charge on any atom is -0.486 e. The van der Waals surface area contributed by atoms with Crippen molar-refractivity contribution in [3.8, 4) is 11.5 Å². The molecule has 2 atom stereocenters. The number of non-ortho nitro benzene ring substituents is 1. The first-order valence-corrected chi connectivity index (χ1v) is 7.48. The van der Waals surface area contributed by atoms with Crippen LogP contribution < -0.4 is 14.8 Å². The number of carbonyl (C=O) groups excluding carboxylic acids is 1. The number of nitro groups is 1. The third-order valence-corrected chi connectivity index (χ3v) is 3.79. The van der Waals surface area contributed by atoms with Crippen LogP contribution in [-0.2, 0) is 0 Å². The monoisotopic (exact) mass is 328 g/mol. The zero-order valence-electron chi connectivity index (χ0n) is 13.0. The molecule has 0 spiro atoms. The molecule has 1 aliphatic heterocycles. The Balaban J connectivity index is 1.63. The summed E-state index contributed by atoms with van der Waals surface area (Å²) in [6.45, 7) is 2.16. The third-order valence-electron chi connectivity index (χ3n) is 3.79. The van der Waals surface area contributed by atoms with Gasteiger partial charge in [-0.3, -0.25) is 14.9 Å². The summed E-state index contributed by atoms with van der Waals surface area (Å²) < 4.78 is 11.5. The van der Waals surface area contributed by atoms with Gasteiger partial charge in [-0.25, -0.2) is 0 Å². The van der Waals surface area contributed by atoms with E-state index < -0.39 is 4.92 Å². The van der Waals surface area contributed by atoms with Crippen LogP contribution in [0.3, 0.4) is 0 Å². The Hall–Kier alpha value is -3.09. The van der Waals surface area contributed by atoms with Crippen molar-refractivity contribution in [1.29, 1.82) is 0 Å². The van der Waals surface area contributed by atoms with Crippen molar-refractivity contribution >= 4 is 11.6 Å². The molecule has 3 rings (SSSR count). The first-order valence-electron chi connectivity index (χ1n) is 7.48. The first kappa shape index (κ1) is 15.8. The van der Waals surface area contributed by atoms with Crippen molar-refractivity contribution < 1.29 is 19.2 Å². The molecule has 0 bridgehead atoms. The van der Waals surface area contributed by atoms with Gasteiger partial charge in [-0.2, -0.15) is 0 Å². The molecule has 1 amide bonds. The van der Waals surface area contributed by atoms with E-state index in [1.807, 2.05) is 31.2 Å².